The Balaban J connectivity index is 1.62. The summed E-state index contributed by atoms with van der Waals surface area (Å²) in [5, 5.41) is 9.19. The average molecular weight is 332 g/mol. The van der Waals surface area contributed by atoms with Crippen molar-refractivity contribution in [2.24, 2.45) is 11.3 Å². The lowest BCUT2D eigenvalue weighted by Gasteiger charge is -2.42. The second kappa shape index (κ2) is 6.66. The number of piperidine rings is 1. The van der Waals surface area contributed by atoms with Gasteiger partial charge in [-0.15, -0.1) is 10.2 Å². The fraction of sp³-hybridized carbons (Fsp3) is 0.895. The molecule has 2 aliphatic carbocycles. The highest BCUT2D eigenvalue weighted by molar-refractivity contribution is 5.35. The molecule has 1 saturated heterocycles. The third-order valence-electron chi connectivity index (χ3n) is 6.59. The van der Waals surface area contributed by atoms with Crippen LogP contribution >= 0.6 is 0 Å². The molecule has 0 bridgehead atoms. The lowest BCUT2D eigenvalue weighted by atomic mass is 9.70. The second-order valence-electron chi connectivity index (χ2n) is 8.40. The van der Waals surface area contributed by atoms with E-state index in [4.69, 9.17) is 4.74 Å². The van der Waals surface area contributed by atoms with Crippen LogP contribution in [0, 0.1) is 11.3 Å². The van der Waals surface area contributed by atoms with Gasteiger partial charge in [-0.25, -0.2) is 0 Å². The molecule has 1 aromatic heterocycles. The maximum atomic E-state index is 5.67. The summed E-state index contributed by atoms with van der Waals surface area (Å²) in [5.41, 5.74) is 0.420. The van der Waals surface area contributed by atoms with Gasteiger partial charge < -0.3 is 9.64 Å². The first kappa shape index (κ1) is 16.4. The normalized spacial score (nSPS) is 28.7. The van der Waals surface area contributed by atoms with Crippen LogP contribution in [0.3, 0.4) is 0 Å². The Morgan fingerprint density at radius 1 is 1.12 bits per heavy atom. The van der Waals surface area contributed by atoms with E-state index in [9.17, 15) is 0 Å². The number of rotatable bonds is 6. The molecular formula is C19H32N4O. The van der Waals surface area contributed by atoms with Crippen LogP contribution in [-0.2, 0) is 17.9 Å². The number of hydrogen-bond acceptors (Lipinski definition) is 4. The van der Waals surface area contributed by atoms with Crippen molar-refractivity contribution in [2.45, 2.75) is 84.4 Å². The molecule has 2 unspecified atom stereocenters. The summed E-state index contributed by atoms with van der Waals surface area (Å²) in [5.74, 6) is 3.01. The van der Waals surface area contributed by atoms with Gasteiger partial charge in [-0.2, -0.15) is 0 Å². The van der Waals surface area contributed by atoms with Crippen molar-refractivity contribution in [1.29, 1.82) is 0 Å². The van der Waals surface area contributed by atoms with Crippen LogP contribution in [0.2, 0.25) is 0 Å². The Hall–Kier alpha value is -1.10. The Morgan fingerprint density at radius 2 is 1.96 bits per heavy atom. The number of nitrogens with zero attached hydrogens (tertiary/aromatic N) is 4. The van der Waals surface area contributed by atoms with Crippen molar-refractivity contribution < 1.29 is 4.74 Å². The molecule has 0 spiro atoms. The summed E-state index contributed by atoms with van der Waals surface area (Å²) < 4.78 is 8.07. The first-order valence-electron chi connectivity index (χ1n) is 9.97. The quantitative estimate of drug-likeness (QED) is 0.795. The molecule has 3 aliphatic rings. The SMILES string of the molecule is CCOCc1nnc(N2CCCC3CCCC32)n1CC1(C)CCC1. The van der Waals surface area contributed by atoms with Crippen molar-refractivity contribution in [2.75, 3.05) is 18.1 Å². The molecule has 4 rings (SSSR count). The smallest absolute Gasteiger partial charge is 0.227 e. The highest BCUT2D eigenvalue weighted by Crippen LogP contribution is 2.44. The first-order valence-corrected chi connectivity index (χ1v) is 9.97. The molecule has 2 heterocycles. The van der Waals surface area contributed by atoms with E-state index in [0.29, 0.717) is 18.1 Å². The number of aromatic nitrogens is 3. The van der Waals surface area contributed by atoms with Crippen LogP contribution in [0.1, 0.15) is 71.0 Å². The molecule has 2 atom stereocenters. The minimum absolute atomic E-state index is 0.420. The molecule has 5 heteroatoms. The first-order chi connectivity index (χ1) is 11.7. The van der Waals surface area contributed by atoms with Gasteiger partial charge in [-0.1, -0.05) is 19.8 Å². The largest absolute Gasteiger partial charge is 0.374 e. The van der Waals surface area contributed by atoms with Crippen LogP contribution < -0.4 is 4.90 Å². The van der Waals surface area contributed by atoms with Gasteiger partial charge >= 0.3 is 0 Å². The summed E-state index contributed by atoms with van der Waals surface area (Å²) in [6.07, 6.45) is 10.8. The molecule has 134 valence electrons. The van der Waals surface area contributed by atoms with Crippen LogP contribution in [-0.4, -0.2) is 34.0 Å². The molecule has 2 saturated carbocycles. The summed E-state index contributed by atoms with van der Waals surface area (Å²) in [4.78, 5) is 2.59. The minimum atomic E-state index is 0.420. The standard InChI is InChI=1S/C19H32N4O/c1-3-24-13-17-20-21-18(23(17)14-19(2)10-6-11-19)22-12-5-8-15-7-4-9-16(15)22/h15-16H,3-14H2,1-2H3. The van der Waals surface area contributed by atoms with Crippen molar-refractivity contribution in [1.82, 2.24) is 14.8 Å². The molecule has 0 N–H and O–H groups in total. The molecule has 3 fully saturated rings. The molecule has 0 aromatic carbocycles. The van der Waals surface area contributed by atoms with E-state index >= 15 is 0 Å². The second-order valence-corrected chi connectivity index (χ2v) is 8.40. The average Bonchev–Trinajstić information content (AvgIpc) is 3.18. The van der Waals surface area contributed by atoms with Gasteiger partial charge in [0.05, 0.1) is 0 Å². The van der Waals surface area contributed by atoms with Crippen LogP contribution in [0.25, 0.3) is 0 Å². The van der Waals surface area contributed by atoms with Gasteiger partial charge in [0.15, 0.2) is 5.82 Å². The van der Waals surface area contributed by atoms with Gasteiger partial charge in [0, 0.05) is 25.7 Å². The lowest BCUT2D eigenvalue weighted by Crippen LogP contribution is -2.44. The maximum absolute atomic E-state index is 5.67. The molecule has 24 heavy (non-hydrogen) atoms. The number of ether oxygens (including phenoxy) is 1. The van der Waals surface area contributed by atoms with Gasteiger partial charge in [0.25, 0.3) is 0 Å². The zero-order chi connectivity index (χ0) is 16.6. The third kappa shape index (κ3) is 2.96. The fourth-order valence-electron chi connectivity index (χ4n) is 5.02. The van der Waals surface area contributed by atoms with Crippen LogP contribution in [0.15, 0.2) is 0 Å². The van der Waals surface area contributed by atoms with E-state index in [1.54, 1.807) is 0 Å². The van der Waals surface area contributed by atoms with E-state index in [2.05, 4.69) is 26.6 Å². The van der Waals surface area contributed by atoms with Crippen molar-refractivity contribution in [3.63, 3.8) is 0 Å². The van der Waals surface area contributed by atoms with E-state index in [1.807, 2.05) is 6.92 Å². The number of hydrogen-bond donors (Lipinski definition) is 0. The lowest BCUT2D eigenvalue weighted by molar-refractivity contribution is 0.108. The summed E-state index contributed by atoms with van der Waals surface area (Å²) >= 11 is 0. The summed E-state index contributed by atoms with van der Waals surface area (Å²) in [6, 6.07) is 0.691. The zero-order valence-corrected chi connectivity index (χ0v) is 15.3. The monoisotopic (exact) mass is 332 g/mol. The van der Waals surface area contributed by atoms with E-state index in [-0.39, 0.29) is 0 Å². The highest BCUT2D eigenvalue weighted by Gasteiger charge is 2.39. The summed E-state index contributed by atoms with van der Waals surface area (Å²) in [6.45, 7) is 7.97. The molecule has 0 amide bonds. The van der Waals surface area contributed by atoms with Crippen molar-refractivity contribution >= 4 is 5.95 Å². The predicted octanol–water partition coefficient (Wildman–Crippen LogP) is 3.77. The van der Waals surface area contributed by atoms with E-state index < -0.39 is 0 Å². The van der Waals surface area contributed by atoms with Gasteiger partial charge in [-0.05, 0) is 56.8 Å². The Morgan fingerprint density at radius 3 is 2.71 bits per heavy atom. The Bertz CT molecular complexity index is 566. The molecule has 1 aliphatic heterocycles. The zero-order valence-electron chi connectivity index (χ0n) is 15.3. The number of fused-ring (bicyclic) bond motifs is 1. The third-order valence-corrected chi connectivity index (χ3v) is 6.59. The van der Waals surface area contributed by atoms with Gasteiger partial charge in [0.1, 0.15) is 6.61 Å². The van der Waals surface area contributed by atoms with Crippen molar-refractivity contribution in [3.8, 4) is 0 Å². The van der Waals surface area contributed by atoms with Gasteiger partial charge in [-0.3, -0.25) is 4.57 Å². The fourth-order valence-corrected chi connectivity index (χ4v) is 5.02. The number of anilines is 1. The van der Waals surface area contributed by atoms with Crippen LogP contribution in [0.4, 0.5) is 5.95 Å². The topological polar surface area (TPSA) is 43.2 Å². The highest BCUT2D eigenvalue weighted by atomic mass is 16.5. The molecular weight excluding hydrogens is 300 g/mol. The van der Waals surface area contributed by atoms with Gasteiger partial charge in [0.2, 0.25) is 5.95 Å². The molecule has 1 aromatic rings. The maximum Gasteiger partial charge on any atom is 0.227 e. The predicted molar refractivity (Wildman–Crippen MR) is 95.0 cm³/mol. The Labute approximate surface area is 145 Å². The van der Waals surface area contributed by atoms with Crippen molar-refractivity contribution in [3.05, 3.63) is 5.82 Å². The molecule has 5 nitrogen and oxygen atoms in total. The van der Waals surface area contributed by atoms with E-state index in [0.717, 1.165) is 37.4 Å². The summed E-state index contributed by atoms with van der Waals surface area (Å²) in [7, 11) is 0. The van der Waals surface area contributed by atoms with Crippen LogP contribution in [0.5, 0.6) is 0 Å². The van der Waals surface area contributed by atoms with E-state index in [1.165, 1.54) is 51.4 Å². The minimum Gasteiger partial charge on any atom is -0.374 e. The Kier molecular flexibility index (Phi) is 4.54. The molecule has 0 radical (unpaired) electrons.